The first-order chi connectivity index (χ1) is 9.66. The molecule has 0 fully saturated rings. The van der Waals surface area contributed by atoms with Gasteiger partial charge in [-0.15, -0.1) is 5.10 Å². The Morgan fingerprint density at radius 2 is 2.20 bits per heavy atom. The minimum atomic E-state index is -0.493. The lowest BCUT2D eigenvalue weighted by atomic mass is 10.2. The lowest BCUT2D eigenvalue weighted by Crippen LogP contribution is -1.94. The van der Waals surface area contributed by atoms with Crippen LogP contribution in [0.1, 0.15) is 11.1 Å². The van der Waals surface area contributed by atoms with Crippen molar-refractivity contribution in [2.45, 2.75) is 0 Å². The van der Waals surface area contributed by atoms with Gasteiger partial charge in [0.05, 0.1) is 11.1 Å². The quantitative estimate of drug-likeness (QED) is 0.492. The second-order valence-corrected chi connectivity index (χ2v) is 4.09. The fourth-order valence-electron chi connectivity index (χ4n) is 1.40. The lowest BCUT2D eigenvalue weighted by molar-refractivity contribution is -0.384. The molecule has 1 aromatic carbocycles. The summed E-state index contributed by atoms with van der Waals surface area (Å²) in [6, 6.07) is 9.47. The van der Waals surface area contributed by atoms with Crippen molar-refractivity contribution < 1.29 is 4.92 Å². The highest BCUT2D eigenvalue weighted by atomic mass is 35.5. The van der Waals surface area contributed by atoms with Gasteiger partial charge in [0.25, 0.3) is 5.69 Å². The maximum Gasteiger partial charge on any atom is 0.270 e. The summed E-state index contributed by atoms with van der Waals surface area (Å²) < 4.78 is 0. The summed E-state index contributed by atoms with van der Waals surface area (Å²) in [6.45, 7) is 0. The van der Waals surface area contributed by atoms with Crippen LogP contribution in [0, 0.1) is 10.1 Å². The van der Waals surface area contributed by atoms with Crippen molar-refractivity contribution in [1.82, 2.24) is 4.98 Å². The predicted octanol–water partition coefficient (Wildman–Crippen LogP) is 3.01. The largest absolute Gasteiger partial charge is 0.270 e. The van der Waals surface area contributed by atoms with Crippen molar-refractivity contribution in [3.8, 4) is 0 Å². The molecule has 0 saturated carbocycles. The summed E-state index contributed by atoms with van der Waals surface area (Å²) in [5, 5.41) is 18.3. The molecular weight excluding hydrogens is 280 g/mol. The zero-order chi connectivity index (χ0) is 14.4. The standard InChI is InChI=1S/C13H9ClN4O2/c14-13(11-4-1-5-12(7-11)18(19)20)17-16-9-10-3-2-6-15-8-10/h1-9H/b16-9-,17-13+. The SMILES string of the molecule is O=[N+]([O-])c1cccc(/C(Cl)=N\N=C/c2cccnc2)c1. The van der Waals surface area contributed by atoms with Crippen LogP contribution >= 0.6 is 11.6 Å². The first-order valence-electron chi connectivity index (χ1n) is 5.58. The second-order valence-electron chi connectivity index (χ2n) is 3.73. The molecule has 0 aliphatic carbocycles. The van der Waals surface area contributed by atoms with Gasteiger partial charge < -0.3 is 0 Å². The van der Waals surface area contributed by atoms with E-state index >= 15 is 0 Å². The minimum absolute atomic E-state index is 0.0490. The lowest BCUT2D eigenvalue weighted by Gasteiger charge is -1.96. The van der Waals surface area contributed by atoms with Crippen molar-refractivity contribution in [3.63, 3.8) is 0 Å². The molecule has 20 heavy (non-hydrogen) atoms. The van der Waals surface area contributed by atoms with Gasteiger partial charge in [-0.25, -0.2) is 0 Å². The Morgan fingerprint density at radius 3 is 2.90 bits per heavy atom. The summed E-state index contributed by atoms with van der Waals surface area (Å²) in [5.74, 6) is 0. The number of rotatable bonds is 4. The van der Waals surface area contributed by atoms with Gasteiger partial charge in [0.1, 0.15) is 0 Å². The summed E-state index contributed by atoms with van der Waals surface area (Å²) in [5.41, 5.74) is 1.16. The third-order valence-corrected chi connectivity index (χ3v) is 2.63. The number of hydrogen-bond donors (Lipinski definition) is 0. The second kappa shape index (κ2) is 6.53. The molecule has 100 valence electrons. The fourth-order valence-corrected chi connectivity index (χ4v) is 1.57. The molecule has 6 nitrogen and oxygen atoms in total. The van der Waals surface area contributed by atoms with Crippen LogP contribution in [0.15, 0.2) is 59.0 Å². The normalized spacial score (nSPS) is 11.8. The van der Waals surface area contributed by atoms with Crippen LogP contribution in [-0.2, 0) is 0 Å². The van der Waals surface area contributed by atoms with Crippen LogP contribution in [0.4, 0.5) is 5.69 Å². The molecule has 0 unspecified atom stereocenters. The number of nitrogens with zero attached hydrogens (tertiary/aromatic N) is 4. The minimum Gasteiger partial charge on any atom is -0.264 e. The van der Waals surface area contributed by atoms with Crippen molar-refractivity contribution in [2.75, 3.05) is 0 Å². The van der Waals surface area contributed by atoms with Crippen molar-refractivity contribution in [2.24, 2.45) is 10.2 Å². The number of halogens is 1. The van der Waals surface area contributed by atoms with E-state index in [4.69, 9.17) is 11.6 Å². The zero-order valence-electron chi connectivity index (χ0n) is 10.2. The van der Waals surface area contributed by atoms with E-state index < -0.39 is 4.92 Å². The molecule has 0 spiro atoms. The Morgan fingerprint density at radius 1 is 1.35 bits per heavy atom. The van der Waals surface area contributed by atoms with Gasteiger partial charge in [-0.2, -0.15) is 5.10 Å². The van der Waals surface area contributed by atoms with E-state index in [1.165, 1.54) is 24.4 Å². The van der Waals surface area contributed by atoms with E-state index in [0.29, 0.717) is 5.56 Å². The number of hydrogen-bond acceptors (Lipinski definition) is 5. The smallest absolute Gasteiger partial charge is 0.264 e. The molecule has 1 heterocycles. The van der Waals surface area contributed by atoms with E-state index in [2.05, 4.69) is 15.2 Å². The van der Waals surface area contributed by atoms with E-state index in [1.807, 2.05) is 6.07 Å². The Kier molecular flexibility index (Phi) is 4.52. The number of pyridine rings is 1. The topological polar surface area (TPSA) is 80.8 Å². The highest BCUT2D eigenvalue weighted by Crippen LogP contribution is 2.15. The third-order valence-electron chi connectivity index (χ3n) is 2.33. The highest BCUT2D eigenvalue weighted by Gasteiger charge is 2.08. The highest BCUT2D eigenvalue weighted by molar-refractivity contribution is 6.69. The van der Waals surface area contributed by atoms with Crippen LogP contribution in [0.3, 0.4) is 0 Å². The van der Waals surface area contributed by atoms with Gasteiger partial charge >= 0.3 is 0 Å². The molecule has 0 saturated heterocycles. The summed E-state index contributed by atoms with van der Waals surface area (Å²) in [6.07, 6.45) is 4.77. The third kappa shape index (κ3) is 3.69. The van der Waals surface area contributed by atoms with E-state index in [0.717, 1.165) is 5.56 Å². The Hall–Kier alpha value is -2.60. The van der Waals surface area contributed by atoms with Crippen molar-refractivity contribution in [1.29, 1.82) is 0 Å². The first kappa shape index (κ1) is 13.8. The van der Waals surface area contributed by atoms with E-state index in [-0.39, 0.29) is 10.9 Å². The van der Waals surface area contributed by atoms with E-state index in [9.17, 15) is 10.1 Å². The molecular formula is C13H9ClN4O2. The van der Waals surface area contributed by atoms with Crippen LogP contribution in [0.2, 0.25) is 0 Å². The van der Waals surface area contributed by atoms with Gasteiger partial charge in [-0.05, 0) is 6.07 Å². The van der Waals surface area contributed by atoms with Crippen molar-refractivity contribution >= 4 is 28.7 Å². The predicted molar refractivity (Wildman–Crippen MR) is 77.3 cm³/mol. The molecule has 0 N–H and O–H groups in total. The molecule has 2 rings (SSSR count). The summed E-state index contributed by atoms with van der Waals surface area (Å²) in [7, 11) is 0. The average molecular weight is 289 g/mol. The number of nitro benzene ring substituents is 1. The monoisotopic (exact) mass is 288 g/mol. The van der Waals surface area contributed by atoms with Gasteiger partial charge in [0.15, 0.2) is 5.17 Å². The van der Waals surface area contributed by atoms with Gasteiger partial charge in [0, 0.05) is 35.7 Å². The Bertz CT molecular complexity index is 671. The summed E-state index contributed by atoms with van der Waals surface area (Å²) >= 11 is 5.95. The molecule has 0 radical (unpaired) electrons. The first-order valence-corrected chi connectivity index (χ1v) is 5.96. The van der Waals surface area contributed by atoms with Crippen LogP contribution in [-0.4, -0.2) is 21.3 Å². The molecule has 0 amide bonds. The molecule has 0 aliphatic rings. The maximum absolute atomic E-state index is 10.7. The number of benzene rings is 1. The molecule has 0 bridgehead atoms. The van der Waals surface area contributed by atoms with Crippen molar-refractivity contribution in [3.05, 3.63) is 70.0 Å². The molecule has 7 heteroatoms. The van der Waals surface area contributed by atoms with E-state index in [1.54, 1.807) is 24.5 Å². The summed E-state index contributed by atoms with van der Waals surface area (Å²) in [4.78, 5) is 14.1. The Balaban J connectivity index is 2.16. The molecule has 0 aliphatic heterocycles. The van der Waals surface area contributed by atoms with Crippen LogP contribution in [0.25, 0.3) is 0 Å². The number of non-ortho nitro benzene ring substituents is 1. The van der Waals surface area contributed by atoms with Gasteiger partial charge in [-0.1, -0.05) is 29.8 Å². The Labute approximate surface area is 119 Å². The number of nitro groups is 1. The fraction of sp³-hybridized carbons (Fsp3) is 0. The molecule has 2 aromatic rings. The molecule has 0 atom stereocenters. The average Bonchev–Trinajstić information content (AvgIpc) is 2.48. The zero-order valence-corrected chi connectivity index (χ0v) is 10.9. The molecule has 1 aromatic heterocycles. The number of aromatic nitrogens is 1. The van der Waals surface area contributed by atoms with Crippen LogP contribution < -0.4 is 0 Å². The van der Waals surface area contributed by atoms with Gasteiger partial charge in [-0.3, -0.25) is 15.1 Å². The maximum atomic E-state index is 10.7. The van der Waals surface area contributed by atoms with Crippen LogP contribution in [0.5, 0.6) is 0 Å². The van der Waals surface area contributed by atoms with Gasteiger partial charge in [0.2, 0.25) is 0 Å².